The number of ether oxygens (including phenoxy) is 1. The lowest BCUT2D eigenvalue weighted by Crippen LogP contribution is -2.43. The van der Waals surface area contributed by atoms with E-state index in [4.69, 9.17) is 4.74 Å². The summed E-state index contributed by atoms with van der Waals surface area (Å²) in [4.78, 5) is 35.7. The molecule has 1 fully saturated rings. The molecule has 0 saturated carbocycles. The first-order valence-corrected chi connectivity index (χ1v) is 13.6. The third-order valence-electron chi connectivity index (χ3n) is 6.43. The van der Waals surface area contributed by atoms with Crippen LogP contribution < -0.4 is 20.7 Å². The molecule has 0 bridgehead atoms. The van der Waals surface area contributed by atoms with Gasteiger partial charge in [-0.15, -0.1) is 11.3 Å². The molecular weight excluding hydrogens is 512 g/mol. The van der Waals surface area contributed by atoms with Gasteiger partial charge in [-0.05, 0) is 80.3 Å². The maximum Gasteiger partial charge on any atom is 0.247 e. The molecule has 0 aliphatic carbocycles. The molecule has 0 spiro atoms. The van der Waals surface area contributed by atoms with Crippen LogP contribution in [-0.4, -0.2) is 52.9 Å². The lowest BCUT2D eigenvalue weighted by Gasteiger charge is -2.29. The van der Waals surface area contributed by atoms with E-state index < -0.39 is 0 Å². The largest absolute Gasteiger partial charge is 0.437 e. The number of hydrogen-bond donors (Lipinski definition) is 3. The minimum Gasteiger partial charge on any atom is -0.437 e. The monoisotopic (exact) mass is 542 g/mol. The highest BCUT2D eigenvalue weighted by Crippen LogP contribution is 2.33. The van der Waals surface area contributed by atoms with Crippen LogP contribution in [0.2, 0.25) is 0 Å². The standard InChI is InChI=1S/C29H30N6O3S/c1-3-25(36)31-22-5-4-6-23(18-22)38-28-27-24(13-16-39-27)33-29(34-28)32-20-9-7-19(8-10-20)17-26(37)30-21-11-14-35(2)15-12-21/h3-10,13,16,18,21H,1,11-12,14-15,17H2,2H3,(H,30,37)(H,31,36)(H,32,33,34). The molecule has 200 valence electrons. The zero-order chi connectivity index (χ0) is 27.2. The third kappa shape index (κ3) is 6.98. The van der Waals surface area contributed by atoms with E-state index in [-0.39, 0.29) is 17.9 Å². The van der Waals surface area contributed by atoms with E-state index in [0.717, 1.165) is 47.4 Å². The van der Waals surface area contributed by atoms with E-state index in [1.54, 1.807) is 24.3 Å². The third-order valence-corrected chi connectivity index (χ3v) is 7.32. The Hall–Kier alpha value is -4.28. The van der Waals surface area contributed by atoms with E-state index in [0.29, 0.717) is 29.7 Å². The van der Waals surface area contributed by atoms with Crippen LogP contribution in [0.3, 0.4) is 0 Å². The van der Waals surface area contributed by atoms with Crippen molar-refractivity contribution in [2.75, 3.05) is 30.8 Å². The molecule has 1 saturated heterocycles. The van der Waals surface area contributed by atoms with Gasteiger partial charge in [0.15, 0.2) is 0 Å². The van der Waals surface area contributed by atoms with Crippen molar-refractivity contribution in [1.82, 2.24) is 20.2 Å². The number of thiophene rings is 1. The van der Waals surface area contributed by atoms with Crippen molar-refractivity contribution in [1.29, 1.82) is 0 Å². The lowest BCUT2D eigenvalue weighted by molar-refractivity contribution is -0.121. The second kappa shape index (κ2) is 12.1. The number of hydrogen-bond acceptors (Lipinski definition) is 8. The van der Waals surface area contributed by atoms with Crippen molar-refractivity contribution in [2.45, 2.75) is 25.3 Å². The highest BCUT2D eigenvalue weighted by Gasteiger charge is 2.18. The average Bonchev–Trinajstić information content (AvgIpc) is 3.40. The van der Waals surface area contributed by atoms with Gasteiger partial charge >= 0.3 is 0 Å². The number of aromatic nitrogens is 2. The van der Waals surface area contributed by atoms with Gasteiger partial charge in [0, 0.05) is 23.5 Å². The Morgan fingerprint density at radius 3 is 2.67 bits per heavy atom. The number of benzene rings is 2. The number of piperidine rings is 1. The fraction of sp³-hybridized carbons (Fsp3) is 0.241. The fourth-order valence-corrected chi connectivity index (χ4v) is 5.11. The minimum atomic E-state index is -0.301. The summed E-state index contributed by atoms with van der Waals surface area (Å²) >= 11 is 1.49. The number of rotatable bonds is 9. The first-order chi connectivity index (χ1) is 18.9. The maximum absolute atomic E-state index is 12.5. The molecule has 0 atom stereocenters. The van der Waals surface area contributed by atoms with E-state index in [1.807, 2.05) is 35.7 Å². The number of amides is 2. The Morgan fingerprint density at radius 1 is 1.10 bits per heavy atom. The molecule has 2 aromatic carbocycles. The quantitative estimate of drug-likeness (QED) is 0.252. The SMILES string of the molecule is C=CC(=O)Nc1cccc(Oc2nc(Nc3ccc(CC(=O)NC4CCN(C)CC4)cc3)nc3ccsc23)c1. The van der Waals surface area contributed by atoms with Crippen LogP contribution >= 0.6 is 11.3 Å². The zero-order valence-electron chi connectivity index (χ0n) is 21.6. The van der Waals surface area contributed by atoms with Gasteiger partial charge in [-0.25, -0.2) is 4.98 Å². The zero-order valence-corrected chi connectivity index (χ0v) is 22.5. The summed E-state index contributed by atoms with van der Waals surface area (Å²) in [5.74, 6) is 1.07. The predicted molar refractivity (Wildman–Crippen MR) is 155 cm³/mol. The molecule has 3 heterocycles. The van der Waals surface area contributed by atoms with Gasteiger partial charge in [0.05, 0.1) is 11.9 Å². The molecule has 10 heteroatoms. The summed E-state index contributed by atoms with van der Waals surface area (Å²) in [6, 6.07) is 16.9. The van der Waals surface area contributed by atoms with Crippen molar-refractivity contribution in [3.8, 4) is 11.6 Å². The first-order valence-electron chi connectivity index (χ1n) is 12.8. The number of fused-ring (bicyclic) bond motifs is 1. The summed E-state index contributed by atoms with van der Waals surface area (Å²) in [7, 11) is 2.11. The molecule has 3 N–H and O–H groups in total. The Balaban J connectivity index is 1.25. The van der Waals surface area contributed by atoms with E-state index in [9.17, 15) is 9.59 Å². The van der Waals surface area contributed by atoms with Crippen molar-refractivity contribution in [3.63, 3.8) is 0 Å². The molecule has 2 amide bonds. The molecule has 0 radical (unpaired) electrons. The van der Waals surface area contributed by atoms with Gasteiger partial charge in [-0.1, -0.05) is 24.8 Å². The van der Waals surface area contributed by atoms with Crippen LogP contribution in [0.1, 0.15) is 18.4 Å². The van der Waals surface area contributed by atoms with Gasteiger partial charge in [0.1, 0.15) is 10.4 Å². The molecule has 5 rings (SSSR count). The summed E-state index contributed by atoms with van der Waals surface area (Å²) in [5, 5.41) is 11.1. The number of carbonyl (C=O) groups is 2. The minimum absolute atomic E-state index is 0.0476. The molecule has 39 heavy (non-hydrogen) atoms. The van der Waals surface area contributed by atoms with Crippen molar-refractivity contribution < 1.29 is 14.3 Å². The predicted octanol–water partition coefficient (Wildman–Crippen LogP) is 5.10. The highest BCUT2D eigenvalue weighted by molar-refractivity contribution is 7.17. The molecule has 1 aliphatic rings. The second-order valence-electron chi connectivity index (χ2n) is 9.45. The number of carbonyl (C=O) groups excluding carboxylic acids is 2. The second-order valence-corrected chi connectivity index (χ2v) is 10.4. The van der Waals surface area contributed by atoms with Gasteiger partial charge < -0.3 is 25.6 Å². The topological polar surface area (TPSA) is 108 Å². The number of nitrogens with zero attached hydrogens (tertiary/aromatic N) is 3. The smallest absolute Gasteiger partial charge is 0.247 e. The van der Waals surface area contributed by atoms with Crippen LogP contribution in [0.25, 0.3) is 10.2 Å². The Morgan fingerprint density at radius 2 is 1.90 bits per heavy atom. The van der Waals surface area contributed by atoms with Crippen molar-refractivity contribution in [3.05, 3.63) is 78.2 Å². The fourth-order valence-electron chi connectivity index (χ4n) is 4.36. The summed E-state index contributed by atoms with van der Waals surface area (Å²) in [6.45, 7) is 5.50. The van der Waals surface area contributed by atoms with E-state index in [2.05, 4.69) is 44.4 Å². The normalized spacial score (nSPS) is 14.1. The summed E-state index contributed by atoms with van der Waals surface area (Å²) in [5.41, 5.74) is 3.08. The van der Waals surface area contributed by atoms with Gasteiger partial charge in [0.2, 0.25) is 23.6 Å². The Bertz CT molecular complexity index is 1480. The average molecular weight is 543 g/mol. The number of anilines is 3. The Kier molecular flexibility index (Phi) is 8.14. The van der Waals surface area contributed by atoms with E-state index >= 15 is 0 Å². The lowest BCUT2D eigenvalue weighted by atomic mass is 10.0. The van der Waals surface area contributed by atoms with Crippen molar-refractivity contribution in [2.24, 2.45) is 0 Å². The molecule has 4 aromatic rings. The molecule has 0 unspecified atom stereocenters. The molecular formula is C29H30N6O3S. The van der Waals surface area contributed by atoms with Crippen LogP contribution in [0.5, 0.6) is 11.6 Å². The first kappa shape index (κ1) is 26.3. The molecule has 1 aliphatic heterocycles. The molecule has 2 aromatic heterocycles. The van der Waals surface area contributed by atoms with Gasteiger partial charge in [0.25, 0.3) is 0 Å². The Labute approximate surface area is 230 Å². The maximum atomic E-state index is 12.5. The van der Waals surface area contributed by atoms with Gasteiger partial charge in [-0.2, -0.15) is 4.98 Å². The van der Waals surface area contributed by atoms with Crippen LogP contribution in [0, 0.1) is 0 Å². The number of likely N-dealkylation sites (tertiary alicyclic amines) is 1. The summed E-state index contributed by atoms with van der Waals surface area (Å²) < 4.78 is 6.92. The molecule has 9 nitrogen and oxygen atoms in total. The van der Waals surface area contributed by atoms with E-state index in [1.165, 1.54) is 17.4 Å². The van der Waals surface area contributed by atoms with Crippen LogP contribution in [0.4, 0.5) is 17.3 Å². The van der Waals surface area contributed by atoms with Crippen LogP contribution in [-0.2, 0) is 16.0 Å². The summed E-state index contributed by atoms with van der Waals surface area (Å²) in [6.07, 6.45) is 3.53. The van der Waals surface area contributed by atoms with Crippen molar-refractivity contribution >= 4 is 50.7 Å². The van der Waals surface area contributed by atoms with Crippen LogP contribution in [0.15, 0.2) is 72.6 Å². The number of nitrogens with one attached hydrogen (secondary N) is 3. The van der Waals surface area contributed by atoms with Gasteiger partial charge in [-0.3, -0.25) is 9.59 Å². The highest BCUT2D eigenvalue weighted by atomic mass is 32.1.